The molecule has 1 saturated heterocycles. The first-order valence-corrected chi connectivity index (χ1v) is 7.60. The second-order valence-electron chi connectivity index (χ2n) is 5.75. The predicted octanol–water partition coefficient (Wildman–Crippen LogP) is 2.12. The number of rotatable bonds is 4. The van der Waals surface area contributed by atoms with Crippen LogP contribution in [0.25, 0.3) is 0 Å². The summed E-state index contributed by atoms with van der Waals surface area (Å²) in [5, 5.41) is 3.77. The largest absolute Gasteiger partial charge is 0.351 e. The highest BCUT2D eigenvalue weighted by Gasteiger charge is 2.20. The Morgan fingerprint density at radius 3 is 2.76 bits per heavy atom. The van der Waals surface area contributed by atoms with Gasteiger partial charge in [0, 0.05) is 42.6 Å². The van der Waals surface area contributed by atoms with Crippen molar-refractivity contribution in [3.8, 4) is 0 Å². The number of thioether (sulfide) groups is 1. The lowest BCUT2D eigenvalue weighted by molar-refractivity contribution is -0.122. The van der Waals surface area contributed by atoms with Crippen molar-refractivity contribution in [2.45, 2.75) is 51.3 Å². The SMILES string of the molecule is CCC1CN(CCC(=O)NC(C)(C)C)CCS1. The Morgan fingerprint density at radius 2 is 2.18 bits per heavy atom. The van der Waals surface area contributed by atoms with E-state index in [-0.39, 0.29) is 11.4 Å². The van der Waals surface area contributed by atoms with Gasteiger partial charge in [-0.15, -0.1) is 0 Å². The van der Waals surface area contributed by atoms with Crippen molar-refractivity contribution in [3.05, 3.63) is 0 Å². The Labute approximate surface area is 110 Å². The van der Waals surface area contributed by atoms with E-state index >= 15 is 0 Å². The quantitative estimate of drug-likeness (QED) is 0.838. The summed E-state index contributed by atoms with van der Waals surface area (Å²) in [5.74, 6) is 1.38. The predicted molar refractivity (Wildman–Crippen MR) is 75.5 cm³/mol. The highest BCUT2D eigenvalue weighted by atomic mass is 32.2. The summed E-state index contributed by atoms with van der Waals surface area (Å²) in [4.78, 5) is 14.1. The van der Waals surface area contributed by atoms with Crippen molar-refractivity contribution >= 4 is 17.7 Å². The van der Waals surface area contributed by atoms with Crippen LogP contribution in [0.15, 0.2) is 0 Å². The van der Waals surface area contributed by atoms with Crippen LogP contribution in [-0.2, 0) is 4.79 Å². The van der Waals surface area contributed by atoms with Crippen LogP contribution >= 0.6 is 11.8 Å². The highest BCUT2D eigenvalue weighted by Crippen LogP contribution is 2.20. The van der Waals surface area contributed by atoms with Crippen molar-refractivity contribution in [1.29, 1.82) is 0 Å². The van der Waals surface area contributed by atoms with E-state index in [0.29, 0.717) is 6.42 Å². The maximum Gasteiger partial charge on any atom is 0.221 e. The smallest absolute Gasteiger partial charge is 0.221 e. The van der Waals surface area contributed by atoms with Crippen molar-refractivity contribution in [1.82, 2.24) is 10.2 Å². The molecule has 0 aromatic carbocycles. The molecule has 1 heterocycles. The summed E-state index contributed by atoms with van der Waals surface area (Å²) in [6.45, 7) is 11.5. The lowest BCUT2D eigenvalue weighted by Gasteiger charge is -2.32. The van der Waals surface area contributed by atoms with Crippen LogP contribution in [0, 0.1) is 0 Å². The third-order valence-corrected chi connectivity index (χ3v) is 4.22. The topological polar surface area (TPSA) is 32.3 Å². The van der Waals surface area contributed by atoms with E-state index < -0.39 is 0 Å². The van der Waals surface area contributed by atoms with Gasteiger partial charge in [0.05, 0.1) is 0 Å². The van der Waals surface area contributed by atoms with Crippen LogP contribution in [0.3, 0.4) is 0 Å². The molecule has 1 rings (SSSR count). The number of hydrogen-bond acceptors (Lipinski definition) is 3. The van der Waals surface area contributed by atoms with Gasteiger partial charge in [-0.05, 0) is 27.2 Å². The summed E-state index contributed by atoms with van der Waals surface area (Å²) < 4.78 is 0. The summed E-state index contributed by atoms with van der Waals surface area (Å²) in [6.07, 6.45) is 1.85. The Kier molecular flexibility index (Phi) is 5.80. The molecule has 1 unspecified atom stereocenters. The lowest BCUT2D eigenvalue weighted by atomic mass is 10.1. The Hall–Kier alpha value is -0.220. The molecule has 1 aliphatic heterocycles. The molecule has 17 heavy (non-hydrogen) atoms. The first-order chi connectivity index (χ1) is 7.90. The van der Waals surface area contributed by atoms with Gasteiger partial charge in [0.1, 0.15) is 0 Å². The molecule has 0 saturated carbocycles. The Balaban J connectivity index is 2.23. The number of nitrogens with zero attached hydrogens (tertiary/aromatic N) is 1. The minimum atomic E-state index is -0.110. The Bertz CT molecular complexity index is 250. The number of carbonyl (C=O) groups excluding carboxylic acids is 1. The second-order valence-corrected chi connectivity index (χ2v) is 7.16. The number of amides is 1. The zero-order chi connectivity index (χ0) is 12.9. The van der Waals surface area contributed by atoms with Gasteiger partial charge < -0.3 is 10.2 Å². The monoisotopic (exact) mass is 258 g/mol. The van der Waals surface area contributed by atoms with Crippen molar-refractivity contribution < 1.29 is 4.79 Å². The van der Waals surface area contributed by atoms with Gasteiger partial charge in [-0.3, -0.25) is 4.79 Å². The lowest BCUT2D eigenvalue weighted by Crippen LogP contribution is -2.43. The summed E-state index contributed by atoms with van der Waals surface area (Å²) in [6, 6.07) is 0. The van der Waals surface area contributed by atoms with Crippen molar-refractivity contribution in [3.63, 3.8) is 0 Å². The van der Waals surface area contributed by atoms with E-state index in [1.165, 1.54) is 12.2 Å². The number of nitrogens with one attached hydrogen (secondary N) is 1. The fourth-order valence-electron chi connectivity index (χ4n) is 1.97. The van der Waals surface area contributed by atoms with E-state index in [9.17, 15) is 4.79 Å². The van der Waals surface area contributed by atoms with Crippen LogP contribution < -0.4 is 5.32 Å². The number of carbonyl (C=O) groups is 1. The first-order valence-electron chi connectivity index (χ1n) is 6.55. The van der Waals surface area contributed by atoms with E-state index in [1.54, 1.807) is 0 Å². The van der Waals surface area contributed by atoms with Crippen LogP contribution in [-0.4, -0.2) is 47.0 Å². The maximum absolute atomic E-state index is 11.7. The molecular weight excluding hydrogens is 232 g/mol. The van der Waals surface area contributed by atoms with Crippen LogP contribution in [0.2, 0.25) is 0 Å². The van der Waals surface area contributed by atoms with Gasteiger partial charge in [0.2, 0.25) is 5.91 Å². The summed E-state index contributed by atoms with van der Waals surface area (Å²) in [5.41, 5.74) is -0.110. The molecule has 0 spiro atoms. The van der Waals surface area contributed by atoms with Crippen LogP contribution in [0.1, 0.15) is 40.5 Å². The zero-order valence-electron chi connectivity index (χ0n) is 11.6. The molecule has 1 atom stereocenters. The molecular formula is C13H26N2OS. The van der Waals surface area contributed by atoms with E-state index in [1.807, 2.05) is 20.8 Å². The molecule has 4 heteroatoms. The molecule has 0 aromatic rings. The fraction of sp³-hybridized carbons (Fsp3) is 0.923. The minimum Gasteiger partial charge on any atom is -0.351 e. The summed E-state index contributed by atoms with van der Waals surface area (Å²) in [7, 11) is 0. The van der Waals surface area contributed by atoms with Crippen molar-refractivity contribution in [2.75, 3.05) is 25.4 Å². The minimum absolute atomic E-state index is 0.110. The molecule has 0 aliphatic carbocycles. The van der Waals surface area contributed by atoms with E-state index in [4.69, 9.17) is 0 Å². The molecule has 1 fully saturated rings. The van der Waals surface area contributed by atoms with E-state index in [0.717, 1.165) is 24.9 Å². The molecule has 1 N–H and O–H groups in total. The molecule has 100 valence electrons. The summed E-state index contributed by atoms with van der Waals surface area (Å²) >= 11 is 2.07. The zero-order valence-corrected chi connectivity index (χ0v) is 12.4. The standard InChI is InChI=1S/C13H26N2OS/c1-5-11-10-15(8-9-17-11)7-6-12(16)14-13(2,3)4/h11H,5-10H2,1-4H3,(H,14,16). The van der Waals surface area contributed by atoms with Crippen LogP contribution in [0.4, 0.5) is 0 Å². The maximum atomic E-state index is 11.7. The average Bonchev–Trinajstić information content (AvgIpc) is 2.24. The fourth-order valence-corrected chi connectivity index (χ4v) is 3.22. The molecule has 0 bridgehead atoms. The van der Waals surface area contributed by atoms with Gasteiger partial charge in [-0.1, -0.05) is 6.92 Å². The van der Waals surface area contributed by atoms with Crippen molar-refractivity contribution in [2.24, 2.45) is 0 Å². The van der Waals surface area contributed by atoms with Gasteiger partial charge in [0.15, 0.2) is 0 Å². The molecule has 0 radical (unpaired) electrons. The van der Waals surface area contributed by atoms with E-state index in [2.05, 4.69) is 28.9 Å². The van der Waals surface area contributed by atoms with Crippen LogP contribution in [0.5, 0.6) is 0 Å². The Morgan fingerprint density at radius 1 is 1.47 bits per heavy atom. The first kappa shape index (κ1) is 14.8. The van der Waals surface area contributed by atoms with Gasteiger partial charge in [-0.25, -0.2) is 0 Å². The van der Waals surface area contributed by atoms with Gasteiger partial charge >= 0.3 is 0 Å². The third kappa shape index (κ3) is 6.32. The third-order valence-electron chi connectivity index (χ3n) is 2.85. The highest BCUT2D eigenvalue weighted by molar-refractivity contribution is 8.00. The molecule has 0 aromatic heterocycles. The molecule has 1 amide bonds. The normalized spacial score (nSPS) is 22.5. The number of hydrogen-bond donors (Lipinski definition) is 1. The second kappa shape index (κ2) is 6.64. The molecule has 3 nitrogen and oxygen atoms in total. The van der Waals surface area contributed by atoms with Gasteiger partial charge in [0.25, 0.3) is 0 Å². The average molecular weight is 258 g/mol. The van der Waals surface area contributed by atoms with Gasteiger partial charge in [-0.2, -0.15) is 11.8 Å². The molecule has 1 aliphatic rings.